The third-order valence-electron chi connectivity index (χ3n) is 6.60. The fourth-order valence-electron chi connectivity index (χ4n) is 4.50. The van der Waals surface area contributed by atoms with Crippen LogP contribution in [0.5, 0.6) is 11.5 Å². The molecule has 0 saturated carbocycles. The van der Waals surface area contributed by atoms with Crippen LogP contribution in [0.4, 0.5) is 24.5 Å². The monoisotopic (exact) mass is 518 g/mol. The average Bonchev–Trinajstić information content (AvgIpc) is 2.96. The average molecular weight is 519 g/mol. The standard InChI is InChI=1S/C31H29F3N2O2/c32-31(33,34)26-11-13-27(14-12-26)35-17-19-36(20-18-35)29-21-28(37-22-24-7-3-1-4-8-24)15-16-30(29)38-23-25-9-5-2-6-10-25/h1-16,21H,17-20,22-23H2. The maximum absolute atomic E-state index is 13.0. The van der Waals surface area contributed by atoms with E-state index in [-0.39, 0.29) is 0 Å². The molecule has 4 aromatic carbocycles. The summed E-state index contributed by atoms with van der Waals surface area (Å²) in [7, 11) is 0. The van der Waals surface area contributed by atoms with E-state index in [0.29, 0.717) is 39.4 Å². The van der Waals surface area contributed by atoms with E-state index >= 15 is 0 Å². The van der Waals surface area contributed by atoms with Crippen molar-refractivity contribution in [1.29, 1.82) is 0 Å². The van der Waals surface area contributed by atoms with Crippen molar-refractivity contribution >= 4 is 11.4 Å². The molecule has 0 amide bonds. The van der Waals surface area contributed by atoms with Gasteiger partial charge in [0, 0.05) is 37.9 Å². The van der Waals surface area contributed by atoms with E-state index in [9.17, 15) is 13.2 Å². The molecule has 4 nitrogen and oxygen atoms in total. The summed E-state index contributed by atoms with van der Waals surface area (Å²) in [6, 6.07) is 31.3. The van der Waals surface area contributed by atoms with Gasteiger partial charge in [-0.25, -0.2) is 0 Å². The van der Waals surface area contributed by atoms with Gasteiger partial charge >= 0.3 is 6.18 Å². The molecule has 1 aliphatic heterocycles. The van der Waals surface area contributed by atoms with Gasteiger partial charge in [-0.2, -0.15) is 13.2 Å². The lowest BCUT2D eigenvalue weighted by atomic mass is 10.1. The summed E-state index contributed by atoms with van der Waals surface area (Å²) in [5, 5.41) is 0. The zero-order chi connectivity index (χ0) is 26.4. The van der Waals surface area contributed by atoms with Crippen LogP contribution >= 0.6 is 0 Å². The highest BCUT2D eigenvalue weighted by molar-refractivity contribution is 5.63. The van der Waals surface area contributed by atoms with Gasteiger partial charge in [-0.3, -0.25) is 0 Å². The van der Waals surface area contributed by atoms with Crippen molar-refractivity contribution < 1.29 is 22.6 Å². The Morgan fingerprint density at radius 2 is 1.16 bits per heavy atom. The van der Waals surface area contributed by atoms with Crippen molar-refractivity contribution in [2.75, 3.05) is 36.0 Å². The minimum Gasteiger partial charge on any atom is -0.489 e. The topological polar surface area (TPSA) is 24.9 Å². The quantitative estimate of drug-likeness (QED) is 0.247. The molecule has 5 rings (SSSR count). The van der Waals surface area contributed by atoms with E-state index in [1.54, 1.807) is 12.1 Å². The van der Waals surface area contributed by atoms with Gasteiger partial charge in [0.2, 0.25) is 0 Å². The van der Waals surface area contributed by atoms with Gasteiger partial charge in [-0.05, 0) is 47.5 Å². The number of alkyl halides is 3. The molecule has 0 radical (unpaired) electrons. The van der Waals surface area contributed by atoms with Gasteiger partial charge in [0.15, 0.2) is 0 Å². The molecule has 0 unspecified atom stereocenters. The molecular formula is C31H29F3N2O2. The van der Waals surface area contributed by atoms with Crippen LogP contribution in [0.3, 0.4) is 0 Å². The van der Waals surface area contributed by atoms with Gasteiger partial charge in [0.1, 0.15) is 24.7 Å². The number of benzene rings is 4. The first kappa shape index (κ1) is 25.5. The molecule has 196 valence electrons. The van der Waals surface area contributed by atoms with Crippen LogP contribution in [0.2, 0.25) is 0 Å². The van der Waals surface area contributed by atoms with Crippen LogP contribution in [-0.2, 0) is 19.4 Å². The summed E-state index contributed by atoms with van der Waals surface area (Å²) in [4.78, 5) is 4.35. The van der Waals surface area contributed by atoms with E-state index in [0.717, 1.165) is 46.1 Å². The van der Waals surface area contributed by atoms with Crippen molar-refractivity contribution in [3.8, 4) is 11.5 Å². The Bertz CT molecular complexity index is 1300. The van der Waals surface area contributed by atoms with Crippen molar-refractivity contribution in [3.05, 3.63) is 120 Å². The fraction of sp³-hybridized carbons (Fsp3) is 0.226. The lowest BCUT2D eigenvalue weighted by Crippen LogP contribution is -2.46. The summed E-state index contributed by atoms with van der Waals surface area (Å²) >= 11 is 0. The van der Waals surface area contributed by atoms with Gasteiger partial charge < -0.3 is 19.3 Å². The molecule has 0 N–H and O–H groups in total. The van der Waals surface area contributed by atoms with Crippen LogP contribution in [-0.4, -0.2) is 26.2 Å². The number of piperazine rings is 1. The molecule has 0 atom stereocenters. The van der Waals surface area contributed by atoms with Crippen LogP contribution < -0.4 is 19.3 Å². The number of nitrogens with zero attached hydrogens (tertiary/aromatic N) is 2. The molecule has 0 aromatic heterocycles. The molecular weight excluding hydrogens is 489 g/mol. The molecule has 7 heteroatoms. The number of hydrogen-bond donors (Lipinski definition) is 0. The molecule has 4 aromatic rings. The maximum Gasteiger partial charge on any atom is 0.416 e. The third-order valence-corrected chi connectivity index (χ3v) is 6.60. The first-order valence-electron chi connectivity index (χ1n) is 12.6. The second-order valence-electron chi connectivity index (χ2n) is 9.20. The van der Waals surface area contributed by atoms with Crippen LogP contribution in [0.25, 0.3) is 0 Å². The molecule has 0 bridgehead atoms. The van der Waals surface area contributed by atoms with Crippen molar-refractivity contribution in [1.82, 2.24) is 0 Å². The Morgan fingerprint density at radius 3 is 1.74 bits per heavy atom. The summed E-state index contributed by atoms with van der Waals surface area (Å²) in [6.07, 6.45) is -4.33. The number of anilines is 2. The highest BCUT2D eigenvalue weighted by Crippen LogP contribution is 2.35. The second kappa shape index (κ2) is 11.5. The first-order chi connectivity index (χ1) is 18.5. The van der Waals surface area contributed by atoms with Crippen LogP contribution in [0.1, 0.15) is 16.7 Å². The first-order valence-corrected chi connectivity index (χ1v) is 12.6. The molecule has 38 heavy (non-hydrogen) atoms. The predicted molar refractivity (Wildman–Crippen MR) is 144 cm³/mol. The molecule has 1 aliphatic rings. The Labute approximate surface area is 220 Å². The molecule has 0 spiro atoms. The number of ether oxygens (including phenoxy) is 2. The molecule has 1 saturated heterocycles. The maximum atomic E-state index is 13.0. The Hall–Kier alpha value is -4.13. The normalized spacial score (nSPS) is 13.9. The Kier molecular flexibility index (Phi) is 7.73. The van der Waals surface area contributed by atoms with Crippen molar-refractivity contribution in [2.24, 2.45) is 0 Å². The van der Waals surface area contributed by atoms with E-state index < -0.39 is 11.7 Å². The van der Waals surface area contributed by atoms with Gasteiger partial charge in [-0.1, -0.05) is 60.7 Å². The summed E-state index contributed by atoms with van der Waals surface area (Å²) in [5.41, 5.74) is 3.27. The third kappa shape index (κ3) is 6.40. The van der Waals surface area contributed by atoms with Crippen molar-refractivity contribution in [3.63, 3.8) is 0 Å². The fourth-order valence-corrected chi connectivity index (χ4v) is 4.50. The zero-order valence-electron chi connectivity index (χ0n) is 20.9. The van der Waals surface area contributed by atoms with Crippen LogP contribution in [0, 0.1) is 0 Å². The summed E-state index contributed by atoms with van der Waals surface area (Å²) < 4.78 is 51.2. The van der Waals surface area contributed by atoms with E-state index in [1.165, 1.54) is 0 Å². The largest absolute Gasteiger partial charge is 0.489 e. The predicted octanol–water partition coefficient (Wildman–Crippen LogP) is 7.19. The zero-order valence-corrected chi connectivity index (χ0v) is 20.9. The highest BCUT2D eigenvalue weighted by atomic mass is 19.4. The Morgan fingerprint density at radius 1 is 0.605 bits per heavy atom. The lowest BCUT2D eigenvalue weighted by molar-refractivity contribution is -0.137. The highest BCUT2D eigenvalue weighted by Gasteiger charge is 2.30. The van der Waals surface area contributed by atoms with E-state index in [2.05, 4.69) is 9.80 Å². The SMILES string of the molecule is FC(F)(F)c1ccc(N2CCN(c3cc(OCc4ccccc4)ccc3OCc3ccccc3)CC2)cc1. The minimum absolute atomic E-state index is 0.448. The van der Waals surface area contributed by atoms with Gasteiger partial charge in [0.05, 0.1) is 11.3 Å². The summed E-state index contributed by atoms with van der Waals surface area (Å²) in [6.45, 7) is 3.67. The molecule has 1 fully saturated rings. The lowest BCUT2D eigenvalue weighted by Gasteiger charge is -2.38. The molecule has 0 aliphatic carbocycles. The second-order valence-corrected chi connectivity index (χ2v) is 9.20. The van der Waals surface area contributed by atoms with E-state index in [1.807, 2.05) is 78.9 Å². The number of hydrogen-bond acceptors (Lipinski definition) is 4. The van der Waals surface area contributed by atoms with Gasteiger partial charge in [-0.15, -0.1) is 0 Å². The van der Waals surface area contributed by atoms with Gasteiger partial charge in [0.25, 0.3) is 0 Å². The van der Waals surface area contributed by atoms with Crippen LogP contribution in [0.15, 0.2) is 103 Å². The minimum atomic E-state index is -4.33. The molecule has 1 heterocycles. The summed E-state index contributed by atoms with van der Waals surface area (Å²) in [5.74, 6) is 1.52. The van der Waals surface area contributed by atoms with E-state index in [4.69, 9.17) is 9.47 Å². The number of halogens is 3. The van der Waals surface area contributed by atoms with Crippen molar-refractivity contribution in [2.45, 2.75) is 19.4 Å². The Balaban J connectivity index is 1.30. The number of rotatable bonds is 8. The smallest absolute Gasteiger partial charge is 0.416 e.